The molecule has 2 aromatic heterocycles. The van der Waals surface area contributed by atoms with Crippen LogP contribution in [0.25, 0.3) is 11.2 Å². The monoisotopic (exact) mass is 861 g/mol. The zero-order valence-electron chi connectivity index (χ0n) is 29.9. The number of aliphatic hydroxyl groups excluding tert-OH is 2. The molecule has 1 aliphatic rings. The largest absolute Gasteiger partial charge is 0.790 e. The van der Waals surface area contributed by atoms with Crippen molar-refractivity contribution < 1.29 is 80.5 Å². The van der Waals surface area contributed by atoms with Crippen LogP contribution in [0.5, 0.6) is 0 Å². The molecular weight excluding hydrogens is 819 g/mol. The standard InChI is InChI=1S/C27H46N7O17P3S/c1-5-15(2)10-18(36)55-9-8-29-17(35)6-7-30-25(39)22(38)27(3,4)12-48-54(45,46)51-53(43,44)47-11-16-21(50-52(40,41)42)20(37)26(49-16)34-14-33-19-23(28)31-13-32-24(19)34/h13-16,20-22,26,37-38H,5-12H2,1-4H3,(H,29,35)(H,30,39)(H,43,44)(H,45,46)(H2,28,31,32)(H2,40,41,42)/p-4/t15?,16-,20-,21-,22+,26-/m1/s1. The van der Waals surface area contributed by atoms with Crippen molar-refractivity contribution in [2.24, 2.45) is 11.3 Å². The summed E-state index contributed by atoms with van der Waals surface area (Å²) in [5, 5.41) is 26.2. The van der Waals surface area contributed by atoms with E-state index in [9.17, 15) is 57.9 Å². The van der Waals surface area contributed by atoms with Gasteiger partial charge in [0, 0.05) is 37.1 Å². The fourth-order valence-electron chi connectivity index (χ4n) is 4.76. The molecule has 3 heterocycles. The number of nitrogens with zero attached hydrogens (tertiary/aromatic N) is 4. The summed E-state index contributed by atoms with van der Waals surface area (Å²) in [6.45, 7) is 4.08. The van der Waals surface area contributed by atoms with Gasteiger partial charge >= 0.3 is 0 Å². The zero-order chi connectivity index (χ0) is 41.4. The quantitative estimate of drug-likeness (QED) is 0.0607. The van der Waals surface area contributed by atoms with Gasteiger partial charge in [-0.05, 0) is 5.92 Å². The van der Waals surface area contributed by atoms with Gasteiger partial charge in [-0.15, -0.1) is 0 Å². The lowest BCUT2D eigenvalue weighted by Crippen LogP contribution is -2.46. The number of carbonyl (C=O) groups is 3. The molecule has 0 bridgehead atoms. The van der Waals surface area contributed by atoms with Crippen molar-refractivity contribution in [3.63, 3.8) is 0 Å². The Morgan fingerprint density at radius 2 is 1.76 bits per heavy atom. The van der Waals surface area contributed by atoms with E-state index in [0.717, 1.165) is 35.4 Å². The smallest absolute Gasteiger partial charge is 0.274 e. The minimum atomic E-state index is -5.91. The number of rotatable bonds is 22. The van der Waals surface area contributed by atoms with E-state index in [4.69, 9.17) is 10.5 Å². The van der Waals surface area contributed by atoms with Crippen LogP contribution in [0.15, 0.2) is 12.7 Å². The second-order valence-electron chi connectivity index (χ2n) is 12.9. The average Bonchev–Trinajstić information content (AvgIpc) is 3.64. The molecule has 8 atom stereocenters. The van der Waals surface area contributed by atoms with E-state index in [1.165, 1.54) is 13.8 Å². The molecule has 0 radical (unpaired) electrons. The first-order chi connectivity index (χ1) is 25.4. The van der Waals surface area contributed by atoms with E-state index >= 15 is 0 Å². The maximum absolute atomic E-state index is 12.5. The first-order valence-corrected chi connectivity index (χ1v) is 21.8. The Balaban J connectivity index is 1.49. The molecule has 1 saturated heterocycles. The molecule has 3 unspecified atom stereocenters. The summed E-state index contributed by atoms with van der Waals surface area (Å²) < 4.78 is 60.4. The molecule has 55 heavy (non-hydrogen) atoms. The number of aliphatic hydroxyl groups is 2. The Hall–Kier alpha value is -2.44. The Kier molecular flexibility index (Phi) is 16.9. The molecule has 0 aromatic carbocycles. The SMILES string of the molecule is CCC(C)CC(=O)SCCNC(=O)CCNC(=O)[C@H](O)C(C)(C)COP(=O)([O-])OP(=O)([O-])OC[C@H]1O[C@@H](n2cnc3c(N)ncnc32)[C@H](O)[C@@H]1OP(=O)([O-])[O-]. The molecule has 0 spiro atoms. The number of phosphoric ester groups is 3. The number of anilines is 1. The molecular formula is C27H42N7O17P3S-4. The van der Waals surface area contributed by atoms with E-state index in [1.54, 1.807) is 0 Å². The Labute approximate surface area is 318 Å². The third kappa shape index (κ3) is 14.5. The highest BCUT2D eigenvalue weighted by Crippen LogP contribution is 2.56. The van der Waals surface area contributed by atoms with Crippen molar-refractivity contribution in [3.8, 4) is 0 Å². The van der Waals surface area contributed by atoms with Gasteiger partial charge in [-0.1, -0.05) is 45.9 Å². The first-order valence-electron chi connectivity index (χ1n) is 16.4. The van der Waals surface area contributed by atoms with Crippen LogP contribution in [0.4, 0.5) is 5.82 Å². The average molecular weight is 862 g/mol. The Morgan fingerprint density at radius 3 is 2.42 bits per heavy atom. The number of ether oxygens (including phenoxy) is 1. The summed E-state index contributed by atoms with van der Waals surface area (Å²) in [5.74, 6) is -0.903. The number of amides is 2. The van der Waals surface area contributed by atoms with Crippen molar-refractivity contribution in [1.82, 2.24) is 30.2 Å². The van der Waals surface area contributed by atoms with Gasteiger partial charge in [-0.25, -0.2) is 19.3 Å². The maximum Gasteiger partial charge on any atom is 0.274 e. The van der Waals surface area contributed by atoms with Crippen LogP contribution in [0.3, 0.4) is 0 Å². The number of aromatic nitrogens is 4. The third-order valence-electron chi connectivity index (χ3n) is 7.95. The van der Waals surface area contributed by atoms with Gasteiger partial charge in [0.25, 0.3) is 15.6 Å². The lowest BCUT2D eigenvalue weighted by molar-refractivity contribution is -0.347. The topological polar surface area (TPSA) is 375 Å². The number of nitrogens with two attached hydrogens (primary N) is 1. The van der Waals surface area contributed by atoms with E-state index in [-0.39, 0.29) is 47.5 Å². The highest BCUT2D eigenvalue weighted by molar-refractivity contribution is 8.13. The number of hydrogen-bond acceptors (Lipinski definition) is 22. The molecule has 312 valence electrons. The van der Waals surface area contributed by atoms with Crippen molar-refractivity contribution in [2.45, 2.75) is 77.6 Å². The minimum Gasteiger partial charge on any atom is -0.790 e. The van der Waals surface area contributed by atoms with E-state index in [0.29, 0.717) is 12.2 Å². The summed E-state index contributed by atoms with van der Waals surface area (Å²) in [6, 6.07) is 0. The van der Waals surface area contributed by atoms with Crippen LogP contribution in [0, 0.1) is 11.3 Å². The van der Waals surface area contributed by atoms with Crippen LogP contribution in [-0.4, -0.2) is 103 Å². The summed E-state index contributed by atoms with van der Waals surface area (Å²) in [7, 11) is -17.6. The molecule has 0 saturated carbocycles. The molecule has 28 heteroatoms. The maximum atomic E-state index is 12.5. The summed E-state index contributed by atoms with van der Waals surface area (Å²) >= 11 is 1.10. The van der Waals surface area contributed by atoms with Crippen LogP contribution in [0.1, 0.15) is 53.2 Å². The number of nitrogen functional groups attached to an aromatic ring is 1. The van der Waals surface area contributed by atoms with Gasteiger partial charge in [0.15, 0.2) is 22.8 Å². The normalized spacial score (nSPS) is 22.4. The van der Waals surface area contributed by atoms with Gasteiger partial charge in [0.2, 0.25) is 11.8 Å². The fourth-order valence-corrected chi connectivity index (χ4v) is 8.33. The van der Waals surface area contributed by atoms with E-state index in [1.807, 2.05) is 13.8 Å². The van der Waals surface area contributed by atoms with Gasteiger partial charge in [-0.2, -0.15) is 0 Å². The van der Waals surface area contributed by atoms with Crippen LogP contribution in [-0.2, 0) is 50.7 Å². The Morgan fingerprint density at radius 1 is 1.09 bits per heavy atom. The highest BCUT2D eigenvalue weighted by Gasteiger charge is 2.47. The minimum absolute atomic E-state index is 0.0178. The number of hydrogen-bond donors (Lipinski definition) is 5. The predicted molar refractivity (Wildman–Crippen MR) is 182 cm³/mol. The number of nitrogens with one attached hydrogen (secondary N) is 2. The summed E-state index contributed by atoms with van der Waals surface area (Å²) in [4.78, 5) is 95.8. The predicted octanol–water partition coefficient (Wildman–Crippen LogP) is -2.43. The first kappa shape index (κ1) is 46.9. The van der Waals surface area contributed by atoms with Gasteiger partial charge in [0.05, 0.1) is 27.4 Å². The lowest BCUT2D eigenvalue weighted by Gasteiger charge is -2.36. The van der Waals surface area contributed by atoms with E-state index in [2.05, 4.69) is 43.5 Å². The second kappa shape index (κ2) is 19.8. The molecule has 1 fully saturated rings. The number of phosphoric acid groups is 3. The molecule has 2 amide bonds. The van der Waals surface area contributed by atoms with Crippen LogP contribution in [0.2, 0.25) is 0 Å². The summed E-state index contributed by atoms with van der Waals surface area (Å²) in [5.41, 5.74) is 4.07. The molecule has 1 aliphatic heterocycles. The fraction of sp³-hybridized carbons (Fsp3) is 0.704. The van der Waals surface area contributed by atoms with Gasteiger partial charge in [0.1, 0.15) is 36.3 Å². The highest BCUT2D eigenvalue weighted by atomic mass is 32.2. The van der Waals surface area contributed by atoms with Crippen LogP contribution >= 0.6 is 35.2 Å². The molecule has 6 N–H and O–H groups in total. The second-order valence-corrected chi connectivity index (χ2v) is 18.1. The van der Waals surface area contributed by atoms with Gasteiger partial charge < -0.3 is 69.0 Å². The molecule has 24 nitrogen and oxygen atoms in total. The number of imidazole rings is 1. The summed E-state index contributed by atoms with van der Waals surface area (Å²) in [6.07, 6.45) is -6.25. The van der Waals surface area contributed by atoms with Crippen LogP contribution < -0.4 is 35.9 Å². The zero-order valence-corrected chi connectivity index (χ0v) is 33.4. The third-order valence-corrected chi connectivity index (χ3v) is 11.9. The van der Waals surface area contributed by atoms with E-state index < -0.39 is 84.6 Å². The van der Waals surface area contributed by atoms with Gasteiger partial charge in [-0.3, -0.25) is 28.1 Å². The molecule has 2 aromatic rings. The van der Waals surface area contributed by atoms with Crippen molar-refractivity contribution in [3.05, 3.63) is 12.7 Å². The van der Waals surface area contributed by atoms with Crippen molar-refractivity contribution in [2.75, 3.05) is 37.8 Å². The van der Waals surface area contributed by atoms with Crippen molar-refractivity contribution in [1.29, 1.82) is 0 Å². The number of thioether (sulfide) groups is 1. The lowest BCUT2D eigenvalue weighted by atomic mass is 9.87. The van der Waals surface area contributed by atoms with Crippen molar-refractivity contribution >= 4 is 69.1 Å². The number of fused-ring (bicyclic) bond motifs is 1. The molecule has 0 aliphatic carbocycles. The Bertz CT molecular complexity index is 1800. The number of carbonyl (C=O) groups excluding carboxylic acids is 3. The molecule has 3 rings (SSSR count).